The van der Waals surface area contributed by atoms with Gasteiger partial charge in [-0.2, -0.15) is 0 Å². The number of aromatic nitrogens is 2. The highest BCUT2D eigenvalue weighted by atomic mass is 16.5. The van der Waals surface area contributed by atoms with Gasteiger partial charge in [-0.15, -0.1) is 0 Å². The molecule has 1 aliphatic heterocycles. The van der Waals surface area contributed by atoms with E-state index in [4.69, 9.17) is 19.2 Å². The van der Waals surface area contributed by atoms with Crippen molar-refractivity contribution in [3.63, 3.8) is 0 Å². The van der Waals surface area contributed by atoms with E-state index in [0.29, 0.717) is 42.3 Å². The molecule has 0 bridgehead atoms. The van der Waals surface area contributed by atoms with Crippen LogP contribution in [0.15, 0.2) is 60.7 Å². The molecule has 0 atom stereocenters. The molecule has 0 saturated carbocycles. The molecule has 202 valence electrons. The second-order valence-electron chi connectivity index (χ2n) is 9.30. The summed E-state index contributed by atoms with van der Waals surface area (Å²) in [6.07, 6.45) is 2.37. The number of rotatable bonds is 9. The standard InChI is InChI=1S/C30H32N4O5/c1-37-25-17-21(18-26(38-2)29(25)39-3)30(36)31-15-14-27-32-22-11-5-7-13-24(22)34(27)19-28(35)33-16-8-10-20-9-4-6-12-23(20)33/h4-7,9,11-13,17-18H,8,10,14-16,19H2,1-3H3,(H,31,36). The first-order valence-electron chi connectivity index (χ1n) is 12.9. The van der Waals surface area contributed by atoms with Gasteiger partial charge in [-0.25, -0.2) is 4.98 Å². The Hall–Kier alpha value is -4.53. The van der Waals surface area contributed by atoms with Crippen LogP contribution in [0.3, 0.4) is 0 Å². The smallest absolute Gasteiger partial charge is 0.251 e. The van der Waals surface area contributed by atoms with E-state index in [9.17, 15) is 9.59 Å². The molecule has 0 unspecified atom stereocenters. The number of methoxy groups -OCH3 is 3. The maximum atomic E-state index is 13.5. The minimum Gasteiger partial charge on any atom is -0.493 e. The van der Waals surface area contributed by atoms with E-state index < -0.39 is 0 Å². The largest absolute Gasteiger partial charge is 0.493 e. The van der Waals surface area contributed by atoms with E-state index >= 15 is 0 Å². The first-order chi connectivity index (χ1) is 19.0. The van der Waals surface area contributed by atoms with Gasteiger partial charge in [0.2, 0.25) is 11.7 Å². The average Bonchev–Trinajstić information content (AvgIpc) is 3.32. The fourth-order valence-electron chi connectivity index (χ4n) is 5.11. The highest BCUT2D eigenvalue weighted by Crippen LogP contribution is 2.38. The van der Waals surface area contributed by atoms with E-state index in [1.807, 2.05) is 51.9 Å². The molecule has 1 aliphatic rings. The number of nitrogens with one attached hydrogen (secondary N) is 1. The third-order valence-corrected chi connectivity index (χ3v) is 7.00. The van der Waals surface area contributed by atoms with Gasteiger partial charge >= 0.3 is 0 Å². The van der Waals surface area contributed by atoms with Crippen molar-refractivity contribution in [1.29, 1.82) is 0 Å². The maximum absolute atomic E-state index is 13.5. The Morgan fingerprint density at radius 3 is 2.41 bits per heavy atom. The minimum atomic E-state index is -0.280. The lowest BCUT2D eigenvalue weighted by atomic mass is 10.0. The Morgan fingerprint density at radius 2 is 1.67 bits per heavy atom. The summed E-state index contributed by atoms with van der Waals surface area (Å²) in [5.74, 6) is 1.71. The van der Waals surface area contributed by atoms with E-state index in [0.717, 1.165) is 35.4 Å². The van der Waals surface area contributed by atoms with Crippen molar-refractivity contribution >= 4 is 28.5 Å². The van der Waals surface area contributed by atoms with Crippen LogP contribution >= 0.6 is 0 Å². The van der Waals surface area contributed by atoms with Crippen LogP contribution < -0.4 is 24.4 Å². The number of carbonyl (C=O) groups excluding carboxylic acids is 2. The van der Waals surface area contributed by atoms with Gasteiger partial charge in [-0.3, -0.25) is 9.59 Å². The van der Waals surface area contributed by atoms with Crippen molar-refractivity contribution in [1.82, 2.24) is 14.9 Å². The zero-order valence-corrected chi connectivity index (χ0v) is 22.4. The zero-order valence-electron chi connectivity index (χ0n) is 22.4. The number of carbonyl (C=O) groups is 2. The van der Waals surface area contributed by atoms with Gasteiger partial charge in [0.15, 0.2) is 11.5 Å². The molecule has 0 saturated heterocycles. The summed E-state index contributed by atoms with van der Waals surface area (Å²) in [4.78, 5) is 33.2. The molecule has 3 aromatic carbocycles. The molecule has 0 spiro atoms. The molecule has 0 aliphatic carbocycles. The molecule has 9 heteroatoms. The fraction of sp³-hybridized carbons (Fsp3) is 0.300. The normalized spacial score (nSPS) is 12.6. The molecule has 0 radical (unpaired) electrons. The number of anilines is 1. The molecule has 4 aromatic rings. The van der Waals surface area contributed by atoms with Crippen LogP contribution in [0.1, 0.15) is 28.2 Å². The lowest BCUT2D eigenvalue weighted by molar-refractivity contribution is -0.119. The van der Waals surface area contributed by atoms with Gasteiger partial charge < -0.3 is 29.0 Å². The minimum absolute atomic E-state index is 0.0213. The maximum Gasteiger partial charge on any atom is 0.251 e. The molecule has 9 nitrogen and oxygen atoms in total. The Labute approximate surface area is 227 Å². The van der Waals surface area contributed by atoms with Crippen LogP contribution in [0.4, 0.5) is 5.69 Å². The molecule has 1 aromatic heterocycles. The number of amides is 2. The summed E-state index contributed by atoms with van der Waals surface area (Å²) in [5.41, 5.74) is 4.27. The zero-order chi connectivity index (χ0) is 27.4. The fourth-order valence-corrected chi connectivity index (χ4v) is 5.11. The number of hydrogen-bond donors (Lipinski definition) is 1. The number of ether oxygens (including phenoxy) is 3. The molecule has 2 amide bonds. The third-order valence-electron chi connectivity index (χ3n) is 7.00. The predicted molar refractivity (Wildman–Crippen MR) is 149 cm³/mol. The van der Waals surface area contributed by atoms with Crippen molar-refractivity contribution in [3.8, 4) is 17.2 Å². The van der Waals surface area contributed by atoms with E-state index in [1.54, 1.807) is 12.1 Å². The molecule has 2 heterocycles. The van der Waals surface area contributed by atoms with Crippen molar-refractivity contribution in [3.05, 3.63) is 77.6 Å². The number of para-hydroxylation sites is 3. The Morgan fingerprint density at radius 1 is 0.949 bits per heavy atom. The highest BCUT2D eigenvalue weighted by molar-refractivity contribution is 5.96. The summed E-state index contributed by atoms with van der Waals surface area (Å²) in [7, 11) is 4.53. The quantitative estimate of drug-likeness (QED) is 0.353. The van der Waals surface area contributed by atoms with Gasteiger partial charge in [0.25, 0.3) is 5.91 Å². The number of benzene rings is 3. The van der Waals surface area contributed by atoms with Crippen molar-refractivity contribution in [2.75, 3.05) is 39.3 Å². The van der Waals surface area contributed by atoms with Crippen molar-refractivity contribution in [2.24, 2.45) is 0 Å². The van der Waals surface area contributed by atoms with E-state index in [2.05, 4.69) is 11.4 Å². The van der Waals surface area contributed by atoms with Gasteiger partial charge in [0.1, 0.15) is 12.4 Å². The molecular weight excluding hydrogens is 496 g/mol. The number of hydrogen-bond acceptors (Lipinski definition) is 6. The SMILES string of the molecule is COc1cc(C(=O)NCCc2nc3ccccc3n2CC(=O)N2CCCc3ccccc32)cc(OC)c1OC. The van der Waals surface area contributed by atoms with E-state index in [-0.39, 0.29) is 18.4 Å². The molecular formula is C30H32N4O5. The summed E-state index contributed by atoms with van der Waals surface area (Å²) in [5, 5.41) is 2.95. The summed E-state index contributed by atoms with van der Waals surface area (Å²) < 4.78 is 18.0. The van der Waals surface area contributed by atoms with Gasteiger partial charge in [0, 0.05) is 30.8 Å². The van der Waals surface area contributed by atoms with Gasteiger partial charge in [0.05, 0.1) is 32.4 Å². The Kier molecular flexibility index (Phi) is 7.67. The molecule has 1 N–H and O–H groups in total. The van der Waals surface area contributed by atoms with Crippen molar-refractivity contribution in [2.45, 2.75) is 25.8 Å². The van der Waals surface area contributed by atoms with Gasteiger partial charge in [-0.1, -0.05) is 30.3 Å². The number of imidazole rings is 1. The van der Waals surface area contributed by atoms with Gasteiger partial charge in [-0.05, 0) is 48.7 Å². The van der Waals surface area contributed by atoms with Crippen LogP contribution in [0.25, 0.3) is 11.0 Å². The second-order valence-corrected chi connectivity index (χ2v) is 9.30. The third kappa shape index (κ3) is 5.25. The average molecular weight is 529 g/mol. The highest BCUT2D eigenvalue weighted by Gasteiger charge is 2.24. The second kappa shape index (κ2) is 11.5. The monoisotopic (exact) mass is 528 g/mol. The molecule has 39 heavy (non-hydrogen) atoms. The number of nitrogens with zero attached hydrogens (tertiary/aromatic N) is 3. The predicted octanol–water partition coefficient (Wildman–Crippen LogP) is 4.01. The first kappa shape index (κ1) is 26.1. The molecule has 5 rings (SSSR count). The van der Waals surface area contributed by atoms with Crippen LogP contribution in [0.5, 0.6) is 17.2 Å². The Bertz CT molecular complexity index is 1490. The lowest BCUT2D eigenvalue weighted by Crippen LogP contribution is -2.38. The first-order valence-corrected chi connectivity index (χ1v) is 12.9. The Balaban J connectivity index is 1.33. The summed E-state index contributed by atoms with van der Waals surface area (Å²) in [6.45, 7) is 1.20. The van der Waals surface area contributed by atoms with Crippen molar-refractivity contribution < 1.29 is 23.8 Å². The molecule has 0 fully saturated rings. The van der Waals surface area contributed by atoms with Crippen LogP contribution in [-0.4, -0.2) is 55.8 Å². The van der Waals surface area contributed by atoms with Crippen LogP contribution in [0.2, 0.25) is 0 Å². The number of fused-ring (bicyclic) bond motifs is 2. The van der Waals surface area contributed by atoms with E-state index in [1.165, 1.54) is 26.9 Å². The topological polar surface area (TPSA) is 94.9 Å². The van der Waals surface area contributed by atoms with Crippen LogP contribution in [-0.2, 0) is 24.2 Å². The summed E-state index contributed by atoms with van der Waals surface area (Å²) in [6, 6.07) is 19.1. The number of aryl methyl sites for hydroxylation is 1. The summed E-state index contributed by atoms with van der Waals surface area (Å²) >= 11 is 0. The van der Waals surface area contributed by atoms with Crippen LogP contribution in [0, 0.1) is 0 Å². The lowest BCUT2D eigenvalue weighted by Gasteiger charge is -2.29.